The lowest BCUT2D eigenvalue weighted by Crippen LogP contribution is -2.71. The molecule has 21 heavy (non-hydrogen) atoms. The van der Waals surface area contributed by atoms with Crippen LogP contribution in [0.5, 0.6) is 0 Å². The van der Waals surface area contributed by atoms with Crippen molar-refractivity contribution < 1.29 is 14.1 Å². The number of nitrogens with one attached hydrogen (secondary N) is 1. The fourth-order valence-corrected chi connectivity index (χ4v) is 4.07. The minimum absolute atomic E-state index is 0.138. The highest BCUT2D eigenvalue weighted by atomic mass is 16.5. The maximum absolute atomic E-state index is 12.2. The summed E-state index contributed by atoms with van der Waals surface area (Å²) in [5, 5.41) is 6.87. The van der Waals surface area contributed by atoms with Gasteiger partial charge in [-0.15, -0.1) is 0 Å². The monoisotopic (exact) mass is 291 g/mol. The van der Waals surface area contributed by atoms with Gasteiger partial charge in [0.1, 0.15) is 6.26 Å². The van der Waals surface area contributed by atoms with Gasteiger partial charge in [-0.3, -0.25) is 9.69 Å². The van der Waals surface area contributed by atoms with Crippen LogP contribution in [0.2, 0.25) is 0 Å². The predicted molar refractivity (Wildman–Crippen MR) is 74.8 cm³/mol. The van der Waals surface area contributed by atoms with Crippen LogP contribution in [0, 0.1) is 5.92 Å². The van der Waals surface area contributed by atoms with E-state index in [9.17, 15) is 4.79 Å². The number of hydrogen-bond acceptors (Lipinski definition) is 5. The summed E-state index contributed by atoms with van der Waals surface area (Å²) in [5.41, 5.74) is 0.356. The standard InChI is InChI=1S/C15H21N3O3/c19-15(11-5-9-21-17-11)16-12-10-4-8-20-14(10)13(12)18-6-2-1-3-7-18/h5,9-10,12-14H,1-4,6-8H2,(H,16,19)/t10-,12+,13-,14-/m1/s1. The van der Waals surface area contributed by atoms with Crippen molar-refractivity contribution in [2.45, 2.75) is 43.9 Å². The SMILES string of the molecule is O=C(N[C@H]1[C@H]2CCO[C@H]2[C@@H]1N1CCCCC1)c1ccon1. The Morgan fingerprint density at radius 3 is 2.95 bits per heavy atom. The molecular formula is C15H21N3O3. The van der Waals surface area contributed by atoms with Crippen LogP contribution in [0.1, 0.15) is 36.2 Å². The van der Waals surface area contributed by atoms with Crippen molar-refractivity contribution in [1.29, 1.82) is 0 Å². The second kappa shape index (κ2) is 5.42. The van der Waals surface area contributed by atoms with Crippen LogP contribution in [0.4, 0.5) is 0 Å². The fraction of sp³-hybridized carbons (Fsp3) is 0.733. The van der Waals surface area contributed by atoms with E-state index in [2.05, 4.69) is 15.4 Å². The van der Waals surface area contributed by atoms with E-state index in [-0.39, 0.29) is 11.9 Å². The van der Waals surface area contributed by atoms with Crippen molar-refractivity contribution in [3.8, 4) is 0 Å². The van der Waals surface area contributed by atoms with Crippen LogP contribution >= 0.6 is 0 Å². The summed E-state index contributed by atoms with van der Waals surface area (Å²) >= 11 is 0. The van der Waals surface area contributed by atoms with E-state index in [0.29, 0.717) is 23.8 Å². The number of amides is 1. The van der Waals surface area contributed by atoms with Gasteiger partial charge in [0, 0.05) is 18.6 Å². The van der Waals surface area contributed by atoms with Gasteiger partial charge in [0.05, 0.1) is 18.2 Å². The number of nitrogens with zero attached hydrogens (tertiary/aromatic N) is 2. The van der Waals surface area contributed by atoms with Crippen molar-refractivity contribution >= 4 is 5.91 Å². The van der Waals surface area contributed by atoms with Crippen LogP contribution in [-0.2, 0) is 4.74 Å². The quantitative estimate of drug-likeness (QED) is 0.901. The van der Waals surface area contributed by atoms with Gasteiger partial charge in [-0.05, 0) is 32.4 Å². The summed E-state index contributed by atoms with van der Waals surface area (Å²) in [6.45, 7) is 3.05. The van der Waals surface area contributed by atoms with Gasteiger partial charge in [-0.2, -0.15) is 0 Å². The maximum Gasteiger partial charge on any atom is 0.273 e. The molecule has 1 aromatic rings. The minimum Gasteiger partial charge on any atom is -0.376 e. The van der Waals surface area contributed by atoms with Crippen LogP contribution in [-0.4, -0.2) is 53.8 Å². The van der Waals surface area contributed by atoms with Crippen LogP contribution < -0.4 is 5.32 Å². The normalized spacial score (nSPS) is 36.0. The molecule has 4 rings (SSSR count). The van der Waals surface area contributed by atoms with E-state index in [1.165, 1.54) is 25.5 Å². The summed E-state index contributed by atoms with van der Waals surface area (Å²) in [4.78, 5) is 14.7. The van der Waals surface area contributed by atoms with Crippen LogP contribution in [0.15, 0.2) is 16.9 Å². The second-order valence-corrected chi connectivity index (χ2v) is 6.26. The summed E-state index contributed by atoms with van der Waals surface area (Å²) < 4.78 is 10.6. The first-order chi connectivity index (χ1) is 10.3. The number of aromatic nitrogens is 1. The number of carbonyl (C=O) groups excluding carboxylic acids is 1. The topological polar surface area (TPSA) is 67.6 Å². The Balaban J connectivity index is 1.47. The van der Waals surface area contributed by atoms with Gasteiger partial charge in [0.15, 0.2) is 5.69 Å². The van der Waals surface area contributed by atoms with Crippen molar-refractivity contribution in [1.82, 2.24) is 15.4 Å². The number of rotatable bonds is 3. The molecule has 2 aliphatic heterocycles. The molecule has 6 heteroatoms. The third-order valence-electron chi connectivity index (χ3n) is 5.13. The Kier molecular flexibility index (Phi) is 3.43. The molecule has 2 saturated heterocycles. The third kappa shape index (κ3) is 2.26. The molecule has 0 spiro atoms. The lowest BCUT2D eigenvalue weighted by molar-refractivity contribution is -0.0862. The van der Waals surface area contributed by atoms with Gasteiger partial charge in [-0.25, -0.2) is 0 Å². The Morgan fingerprint density at radius 2 is 2.19 bits per heavy atom. The van der Waals surface area contributed by atoms with Gasteiger partial charge < -0.3 is 14.6 Å². The van der Waals surface area contributed by atoms with Gasteiger partial charge in [-0.1, -0.05) is 11.6 Å². The molecule has 0 aromatic carbocycles. The minimum atomic E-state index is -0.138. The fourth-order valence-electron chi connectivity index (χ4n) is 4.07. The summed E-state index contributed by atoms with van der Waals surface area (Å²) in [6, 6.07) is 2.11. The molecule has 3 fully saturated rings. The smallest absolute Gasteiger partial charge is 0.273 e. The molecule has 1 aliphatic carbocycles. The summed E-state index contributed by atoms with van der Waals surface area (Å²) in [6.07, 6.45) is 6.58. The second-order valence-electron chi connectivity index (χ2n) is 6.26. The lowest BCUT2D eigenvalue weighted by atomic mass is 9.70. The maximum atomic E-state index is 12.2. The average Bonchev–Trinajstić information content (AvgIpc) is 3.16. The predicted octanol–water partition coefficient (Wildman–Crippen LogP) is 1.05. The summed E-state index contributed by atoms with van der Waals surface area (Å²) in [7, 11) is 0. The molecule has 1 aromatic heterocycles. The zero-order chi connectivity index (χ0) is 14.2. The molecule has 1 N–H and O–H groups in total. The highest BCUT2D eigenvalue weighted by Gasteiger charge is 2.56. The zero-order valence-corrected chi connectivity index (χ0v) is 12.0. The number of hydrogen-bond donors (Lipinski definition) is 1. The molecule has 1 saturated carbocycles. The van der Waals surface area contributed by atoms with E-state index in [1.807, 2.05) is 0 Å². The first kappa shape index (κ1) is 13.3. The lowest BCUT2D eigenvalue weighted by Gasteiger charge is -2.53. The van der Waals surface area contributed by atoms with Gasteiger partial charge in [0.25, 0.3) is 5.91 Å². The number of likely N-dealkylation sites (tertiary alicyclic amines) is 1. The van der Waals surface area contributed by atoms with Gasteiger partial charge >= 0.3 is 0 Å². The van der Waals surface area contributed by atoms with Crippen LogP contribution in [0.25, 0.3) is 0 Å². The molecule has 6 nitrogen and oxygen atoms in total. The molecule has 4 atom stereocenters. The first-order valence-electron chi connectivity index (χ1n) is 7.91. The van der Waals surface area contributed by atoms with Crippen molar-refractivity contribution in [2.24, 2.45) is 5.92 Å². The van der Waals surface area contributed by atoms with E-state index >= 15 is 0 Å². The zero-order valence-electron chi connectivity index (χ0n) is 12.0. The van der Waals surface area contributed by atoms with Crippen molar-refractivity contribution in [3.05, 3.63) is 18.0 Å². The Bertz CT molecular complexity index is 498. The molecule has 3 heterocycles. The largest absolute Gasteiger partial charge is 0.376 e. The van der Waals surface area contributed by atoms with Crippen molar-refractivity contribution in [3.63, 3.8) is 0 Å². The van der Waals surface area contributed by atoms with Crippen molar-refractivity contribution in [2.75, 3.05) is 19.7 Å². The van der Waals surface area contributed by atoms with E-state index in [1.54, 1.807) is 6.07 Å². The van der Waals surface area contributed by atoms with Crippen LogP contribution in [0.3, 0.4) is 0 Å². The Labute approximate surface area is 123 Å². The highest BCUT2D eigenvalue weighted by Crippen LogP contribution is 2.42. The average molecular weight is 291 g/mol. The number of piperidine rings is 1. The molecule has 1 amide bonds. The number of ether oxygens (including phenoxy) is 1. The Hall–Kier alpha value is -1.40. The molecule has 0 bridgehead atoms. The first-order valence-corrected chi connectivity index (χ1v) is 7.91. The molecular weight excluding hydrogens is 270 g/mol. The Morgan fingerprint density at radius 1 is 1.33 bits per heavy atom. The number of carbonyl (C=O) groups is 1. The highest BCUT2D eigenvalue weighted by molar-refractivity contribution is 5.92. The molecule has 0 unspecified atom stereocenters. The molecule has 3 aliphatic rings. The van der Waals surface area contributed by atoms with E-state index < -0.39 is 0 Å². The number of fused-ring (bicyclic) bond motifs is 1. The van der Waals surface area contributed by atoms with Gasteiger partial charge in [0.2, 0.25) is 0 Å². The molecule has 0 radical (unpaired) electrons. The van der Waals surface area contributed by atoms with E-state index in [0.717, 1.165) is 26.1 Å². The van der Waals surface area contributed by atoms with E-state index in [4.69, 9.17) is 9.26 Å². The molecule has 114 valence electrons. The third-order valence-corrected chi connectivity index (χ3v) is 5.13. The summed E-state index contributed by atoms with van der Waals surface area (Å²) in [5.74, 6) is 0.314.